The van der Waals surface area contributed by atoms with Crippen molar-refractivity contribution in [1.29, 1.82) is 0 Å². The summed E-state index contributed by atoms with van der Waals surface area (Å²) in [6, 6.07) is 15.0. The van der Waals surface area contributed by atoms with Gasteiger partial charge in [0.2, 0.25) is 0 Å². The molecule has 1 atom stereocenters. The van der Waals surface area contributed by atoms with E-state index in [4.69, 9.17) is 9.57 Å². The molecule has 2 N–H and O–H groups in total. The quantitative estimate of drug-likeness (QED) is 0.404. The normalized spacial score (nSPS) is 12.4. The summed E-state index contributed by atoms with van der Waals surface area (Å²) in [5.74, 6) is -0.748. The maximum atomic E-state index is 12.0. The second kappa shape index (κ2) is 11.2. The van der Waals surface area contributed by atoms with Crippen LogP contribution in [0.4, 0.5) is 4.79 Å². The van der Waals surface area contributed by atoms with E-state index in [1.807, 2.05) is 30.3 Å². The number of carbonyl (C=O) groups excluding carboxylic acids is 1. The number of carboxylic acid groups (broad SMARTS) is 1. The topological polar surface area (TPSA) is 110 Å². The van der Waals surface area contributed by atoms with E-state index in [1.165, 1.54) is 7.11 Å². The Morgan fingerprint density at radius 3 is 2.38 bits per heavy atom. The third kappa shape index (κ3) is 7.10. The van der Waals surface area contributed by atoms with Crippen molar-refractivity contribution in [3.63, 3.8) is 0 Å². The smallest absolute Gasteiger partial charge is 0.408 e. The monoisotopic (exact) mass is 397 g/mol. The Bertz CT molecular complexity index is 864. The van der Waals surface area contributed by atoms with E-state index < -0.39 is 18.1 Å². The molecule has 0 bridgehead atoms. The first-order chi connectivity index (χ1) is 14.0. The summed E-state index contributed by atoms with van der Waals surface area (Å²) in [6.45, 7) is 1.83. The average molecular weight is 397 g/mol. The molecule has 0 saturated carbocycles. The molecular formula is C21H23N3O5. The largest absolute Gasteiger partial charge is 0.480 e. The fourth-order valence-electron chi connectivity index (χ4n) is 2.49. The van der Waals surface area contributed by atoms with Crippen molar-refractivity contribution < 1.29 is 24.3 Å². The molecule has 0 radical (unpaired) electrons. The van der Waals surface area contributed by atoms with Gasteiger partial charge in [-0.15, -0.1) is 0 Å². The number of aliphatic carboxylic acids is 1. The molecule has 2 aromatic carbocycles. The number of amides is 1. The first kappa shape index (κ1) is 21.6. The third-order valence-electron chi connectivity index (χ3n) is 3.88. The zero-order valence-electron chi connectivity index (χ0n) is 16.2. The number of nitrogens with one attached hydrogen (secondary N) is 1. The zero-order chi connectivity index (χ0) is 21.1. The van der Waals surface area contributed by atoms with Gasteiger partial charge in [-0.2, -0.15) is 0 Å². The molecule has 0 aliphatic rings. The van der Waals surface area contributed by atoms with Gasteiger partial charge in [0.15, 0.2) is 5.84 Å². The van der Waals surface area contributed by atoms with E-state index in [9.17, 15) is 14.7 Å². The molecule has 0 fully saturated rings. The van der Waals surface area contributed by atoms with Gasteiger partial charge in [0, 0.05) is 18.2 Å². The van der Waals surface area contributed by atoms with Gasteiger partial charge in [0.1, 0.15) is 19.8 Å². The highest BCUT2D eigenvalue weighted by Gasteiger charge is 2.21. The standard InChI is InChI=1S/C21H23N3O5/c1-3-22-19(24-28-2)17-11-9-15(10-12-17)13-18(20(25)26)23-21(27)29-14-16-7-5-4-6-8-16/h3-12,18H,13-14H2,1-2H3,(H,23,27)(H,25,26)/b22-3?,24-19-/t18-/m0/s1. The molecule has 2 rings (SSSR count). The van der Waals surface area contributed by atoms with Crippen LogP contribution in [0.25, 0.3) is 0 Å². The van der Waals surface area contributed by atoms with Crippen molar-refractivity contribution in [2.75, 3.05) is 7.11 Å². The Morgan fingerprint density at radius 1 is 1.10 bits per heavy atom. The Morgan fingerprint density at radius 2 is 1.79 bits per heavy atom. The summed E-state index contributed by atoms with van der Waals surface area (Å²) >= 11 is 0. The van der Waals surface area contributed by atoms with Crippen molar-refractivity contribution in [3.05, 3.63) is 71.3 Å². The van der Waals surface area contributed by atoms with Crippen molar-refractivity contribution in [2.45, 2.75) is 26.0 Å². The van der Waals surface area contributed by atoms with Gasteiger partial charge >= 0.3 is 12.1 Å². The number of carbonyl (C=O) groups is 2. The molecule has 152 valence electrons. The number of hydrogen-bond acceptors (Lipinski definition) is 5. The van der Waals surface area contributed by atoms with E-state index in [0.29, 0.717) is 5.84 Å². The number of nitrogens with zero attached hydrogens (tertiary/aromatic N) is 2. The average Bonchev–Trinajstić information content (AvgIpc) is 2.73. The second-order valence-corrected chi connectivity index (χ2v) is 5.98. The lowest BCUT2D eigenvalue weighted by atomic mass is 10.0. The first-order valence-electron chi connectivity index (χ1n) is 8.92. The van der Waals surface area contributed by atoms with Crippen LogP contribution in [0.5, 0.6) is 0 Å². The van der Waals surface area contributed by atoms with E-state index >= 15 is 0 Å². The van der Waals surface area contributed by atoms with Gasteiger partial charge in [0.05, 0.1) is 0 Å². The van der Waals surface area contributed by atoms with Crippen LogP contribution in [0, 0.1) is 0 Å². The van der Waals surface area contributed by atoms with E-state index in [0.717, 1.165) is 16.7 Å². The van der Waals surface area contributed by atoms with E-state index in [1.54, 1.807) is 37.4 Å². The minimum absolute atomic E-state index is 0.0628. The molecule has 8 nitrogen and oxygen atoms in total. The minimum Gasteiger partial charge on any atom is -0.480 e. The lowest BCUT2D eigenvalue weighted by molar-refractivity contribution is -0.139. The molecule has 0 saturated heterocycles. The van der Waals surface area contributed by atoms with Crippen molar-refractivity contribution in [3.8, 4) is 0 Å². The lowest BCUT2D eigenvalue weighted by Crippen LogP contribution is -2.42. The summed E-state index contributed by atoms with van der Waals surface area (Å²) in [4.78, 5) is 32.4. The predicted molar refractivity (Wildman–Crippen MR) is 109 cm³/mol. The maximum absolute atomic E-state index is 12.0. The molecule has 0 aromatic heterocycles. The lowest BCUT2D eigenvalue weighted by Gasteiger charge is -2.15. The molecule has 0 unspecified atom stereocenters. The van der Waals surface area contributed by atoms with Crippen LogP contribution in [-0.4, -0.2) is 42.4 Å². The van der Waals surface area contributed by atoms with Gasteiger partial charge in [-0.1, -0.05) is 59.8 Å². The van der Waals surface area contributed by atoms with Crippen LogP contribution in [0.15, 0.2) is 64.7 Å². The van der Waals surface area contributed by atoms with Gasteiger partial charge in [0.25, 0.3) is 0 Å². The number of hydrogen-bond donors (Lipinski definition) is 2. The molecule has 29 heavy (non-hydrogen) atoms. The van der Waals surface area contributed by atoms with Crippen LogP contribution >= 0.6 is 0 Å². The molecule has 0 spiro atoms. The Labute approximate surface area is 168 Å². The van der Waals surface area contributed by atoms with Crippen LogP contribution < -0.4 is 5.32 Å². The van der Waals surface area contributed by atoms with Crippen LogP contribution in [-0.2, 0) is 27.4 Å². The van der Waals surface area contributed by atoms with E-state index in [-0.39, 0.29) is 13.0 Å². The van der Waals surface area contributed by atoms with Gasteiger partial charge in [-0.3, -0.25) is 0 Å². The number of aliphatic imine (C=N–C) groups is 1. The van der Waals surface area contributed by atoms with Crippen LogP contribution in [0.3, 0.4) is 0 Å². The van der Waals surface area contributed by atoms with Crippen molar-refractivity contribution in [2.24, 2.45) is 10.1 Å². The molecule has 8 heteroatoms. The molecule has 1 amide bonds. The highest BCUT2D eigenvalue weighted by molar-refractivity contribution is 6.02. The molecule has 2 aromatic rings. The summed E-state index contributed by atoms with van der Waals surface area (Å²) in [6.07, 6.45) is 0.908. The maximum Gasteiger partial charge on any atom is 0.408 e. The summed E-state index contributed by atoms with van der Waals surface area (Å²) < 4.78 is 5.09. The fourth-order valence-corrected chi connectivity index (χ4v) is 2.49. The fraction of sp³-hybridized carbons (Fsp3) is 0.238. The number of oxime groups is 1. The van der Waals surface area contributed by atoms with Crippen molar-refractivity contribution >= 4 is 24.1 Å². The zero-order valence-corrected chi connectivity index (χ0v) is 16.2. The molecule has 0 heterocycles. The Balaban J connectivity index is 1.98. The molecule has 0 aliphatic carbocycles. The number of ether oxygens (including phenoxy) is 1. The Kier molecular flexibility index (Phi) is 8.37. The van der Waals surface area contributed by atoms with Crippen LogP contribution in [0.1, 0.15) is 23.6 Å². The Hall–Kier alpha value is -3.68. The highest BCUT2D eigenvalue weighted by atomic mass is 16.6. The number of carboxylic acids is 1. The number of rotatable bonds is 8. The first-order valence-corrected chi connectivity index (χ1v) is 8.92. The van der Waals surface area contributed by atoms with E-state index in [2.05, 4.69) is 15.5 Å². The van der Waals surface area contributed by atoms with Crippen molar-refractivity contribution in [1.82, 2.24) is 5.32 Å². The van der Waals surface area contributed by atoms with Gasteiger partial charge < -0.3 is 20.0 Å². The van der Waals surface area contributed by atoms with Crippen LogP contribution in [0.2, 0.25) is 0 Å². The number of benzene rings is 2. The molecule has 0 aliphatic heterocycles. The van der Waals surface area contributed by atoms with Gasteiger partial charge in [-0.25, -0.2) is 14.6 Å². The number of alkyl carbamates (subject to hydrolysis) is 1. The highest BCUT2D eigenvalue weighted by Crippen LogP contribution is 2.10. The summed E-state index contributed by atoms with van der Waals surface area (Å²) in [7, 11) is 1.43. The van der Waals surface area contributed by atoms with Gasteiger partial charge in [-0.05, 0) is 18.1 Å². The third-order valence-corrected chi connectivity index (χ3v) is 3.88. The summed E-state index contributed by atoms with van der Waals surface area (Å²) in [5.41, 5.74) is 2.26. The SMILES string of the molecule is CC=N/C(=N\OC)c1ccc(C[C@H](NC(=O)OCc2ccccc2)C(=O)O)cc1. The minimum atomic E-state index is -1.15. The molecular weight excluding hydrogens is 374 g/mol. The number of amidine groups is 1. The summed E-state index contributed by atoms with van der Waals surface area (Å²) in [5, 5.41) is 15.7. The predicted octanol–water partition coefficient (Wildman–Crippen LogP) is 3.01. The second-order valence-electron chi connectivity index (χ2n) is 5.98.